The van der Waals surface area contributed by atoms with Crippen LogP contribution in [0.25, 0.3) is 11.5 Å². The van der Waals surface area contributed by atoms with E-state index in [1.807, 2.05) is 0 Å². The lowest BCUT2D eigenvalue weighted by Gasteiger charge is -2.10. The fraction of sp³-hybridized carbons (Fsp3) is 0.375. The summed E-state index contributed by atoms with van der Waals surface area (Å²) >= 11 is 0. The van der Waals surface area contributed by atoms with Crippen molar-refractivity contribution in [2.24, 2.45) is 0 Å². The minimum atomic E-state index is -0.622. The van der Waals surface area contributed by atoms with Crippen LogP contribution in [0.4, 0.5) is 5.69 Å². The van der Waals surface area contributed by atoms with Crippen LogP contribution in [0.3, 0.4) is 0 Å². The van der Waals surface area contributed by atoms with E-state index in [0.717, 1.165) is 0 Å². The molecule has 24 heavy (non-hydrogen) atoms. The summed E-state index contributed by atoms with van der Waals surface area (Å²) in [5.41, 5.74) is 0.528. The molecule has 8 nitrogen and oxygen atoms in total. The number of aromatic nitrogens is 1. The lowest BCUT2D eigenvalue weighted by atomic mass is 10.2. The average Bonchev–Trinajstić information content (AvgIpc) is 2.89. The lowest BCUT2D eigenvalue weighted by Crippen LogP contribution is -2.07. The molecule has 0 amide bonds. The third-order valence-corrected chi connectivity index (χ3v) is 3.02. The van der Waals surface area contributed by atoms with E-state index in [0.29, 0.717) is 11.3 Å². The summed E-state index contributed by atoms with van der Waals surface area (Å²) in [6.07, 6.45) is -0.200. The van der Waals surface area contributed by atoms with Crippen molar-refractivity contribution in [1.29, 1.82) is 0 Å². The van der Waals surface area contributed by atoms with Crippen LogP contribution in [0.5, 0.6) is 5.75 Å². The van der Waals surface area contributed by atoms with Gasteiger partial charge >= 0.3 is 11.7 Å². The van der Waals surface area contributed by atoms with Gasteiger partial charge in [0.15, 0.2) is 5.75 Å². The van der Waals surface area contributed by atoms with Crippen LogP contribution in [0.1, 0.15) is 37.0 Å². The molecule has 0 atom stereocenters. The topological polar surface area (TPSA) is 105 Å². The zero-order valence-electron chi connectivity index (χ0n) is 13.9. The smallest absolute Gasteiger partial charge is 0.376 e. The molecule has 0 spiro atoms. The Morgan fingerprint density at radius 1 is 1.42 bits per heavy atom. The molecule has 2 rings (SSSR count). The summed E-state index contributed by atoms with van der Waals surface area (Å²) in [7, 11) is 0. The molecule has 1 aromatic heterocycles. The molecule has 0 aliphatic heterocycles. The number of nitro benzene ring substituents is 1. The fourth-order valence-electron chi connectivity index (χ4n) is 2.05. The summed E-state index contributed by atoms with van der Waals surface area (Å²) in [6.45, 7) is 7.05. The Hall–Kier alpha value is -2.90. The first-order chi connectivity index (χ1) is 11.3. The minimum Gasteiger partial charge on any atom is -0.484 e. The number of aryl methyl sites for hydroxylation is 1. The van der Waals surface area contributed by atoms with Crippen molar-refractivity contribution < 1.29 is 23.6 Å². The first kappa shape index (κ1) is 17.5. The molecular weight excluding hydrogens is 316 g/mol. The first-order valence-electron chi connectivity index (χ1n) is 7.43. The Balaban J connectivity index is 2.42. The number of ether oxygens (including phenoxy) is 2. The molecule has 0 radical (unpaired) electrons. The number of oxazole rings is 1. The monoisotopic (exact) mass is 334 g/mol. The van der Waals surface area contributed by atoms with E-state index in [1.54, 1.807) is 33.8 Å². The number of hydrogen-bond donors (Lipinski definition) is 0. The molecule has 0 saturated carbocycles. The van der Waals surface area contributed by atoms with E-state index in [1.165, 1.54) is 12.1 Å². The molecule has 0 bridgehead atoms. The maximum atomic E-state index is 11.8. The number of benzene rings is 1. The van der Waals surface area contributed by atoms with Crippen molar-refractivity contribution in [3.63, 3.8) is 0 Å². The van der Waals surface area contributed by atoms with Crippen LogP contribution in [0, 0.1) is 17.0 Å². The van der Waals surface area contributed by atoms with Crippen LogP contribution < -0.4 is 4.74 Å². The van der Waals surface area contributed by atoms with Gasteiger partial charge in [0, 0.05) is 11.6 Å². The number of rotatable bonds is 6. The zero-order valence-corrected chi connectivity index (χ0v) is 13.9. The summed E-state index contributed by atoms with van der Waals surface area (Å²) in [5.74, 6) is -0.373. The van der Waals surface area contributed by atoms with Crippen molar-refractivity contribution >= 4 is 11.7 Å². The Bertz CT molecular complexity index is 766. The molecule has 128 valence electrons. The molecule has 8 heteroatoms. The highest BCUT2D eigenvalue weighted by Crippen LogP contribution is 2.33. The van der Waals surface area contributed by atoms with E-state index < -0.39 is 10.9 Å². The van der Waals surface area contributed by atoms with Gasteiger partial charge in [-0.25, -0.2) is 9.78 Å². The number of carbonyl (C=O) groups is 1. The minimum absolute atomic E-state index is 0.0167. The second-order valence-electron chi connectivity index (χ2n) is 5.26. The molecule has 1 aromatic carbocycles. The molecule has 0 unspecified atom stereocenters. The van der Waals surface area contributed by atoms with Crippen molar-refractivity contribution in [3.05, 3.63) is 39.8 Å². The van der Waals surface area contributed by atoms with Crippen LogP contribution in [0.2, 0.25) is 0 Å². The highest BCUT2D eigenvalue weighted by atomic mass is 16.6. The van der Waals surface area contributed by atoms with Crippen LogP contribution in [0.15, 0.2) is 22.6 Å². The number of carbonyl (C=O) groups excluding carboxylic acids is 1. The SMILES string of the molecule is CCOC(=O)c1oc(-c2ccc(OC(C)C)c([N+](=O)[O-])c2)nc1C. The van der Waals surface area contributed by atoms with Crippen LogP contribution >= 0.6 is 0 Å². The highest BCUT2D eigenvalue weighted by molar-refractivity contribution is 5.88. The van der Waals surface area contributed by atoms with Gasteiger partial charge in [0.2, 0.25) is 11.7 Å². The summed E-state index contributed by atoms with van der Waals surface area (Å²) in [5, 5.41) is 11.3. The standard InChI is InChI=1S/C16H18N2O6/c1-5-22-16(19)14-10(4)17-15(24-14)11-6-7-13(23-9(2)3)12(8-11)18(20)21/h6-9H,5H2,1-4H3. The number of esters is 1. The van der Waals surface area contributed by atoms with Gasteiger partial charge in [0.05, 0.1) is 23.3 Å². The van der Waals surface area contributed by atoms with Crippen molar-refractivity contribution in [1.82, 2.24) is 4.98 Å². The fourth-order valence-corrected chi connectivity index (χ4v) is 2.05. The molecule has 0 fully saturated rings. The van der Waals surface area contributed by atoms with Gasteiger partial charge in [-0.15, -0.1) is 0 Å². The molecule has 0 aliphatic carbocycles. The van der Waals surface area contributed by atoms with Gasteiger partial charge in [-0.3, -0.25) is 10.1 Å². The Morgan fingerprint density at radius 3 is 2.71 bits per heavy atom. The van der Waals surface area contributed by atoms with Gasteiger partial charge in [-0.05, 0) is 39.8 Å². The Kier molecular flexibility index (Phi) is 5.18. The largest absolute Gasteiger partial charge is 0.484 e. The molecule has 0 N–H and O–H groups in total. The van der Waals surface area contributed by atoms with Crippen LogP contribution in [-0.4, -0.2) is 28.6 Å². The normalized spacial score (nSPS) is 10.7. The van der Waals surface area contributed by atoms with E-state index >= 15 is 0 Å². The van der Waals surface area contributed by atoms with Gasteiger partial charge in [0.25, 0.3) is 0 Å². The van der Waals surface area contributed by atoms with Crippen molar-refractivity contribution in [3.8, 4) is 17.2 Å². The van der Waals surface area contributed by atoms with E-state index in [9.17, 15) is 14.9 Å². The predicted molar refractivity (Wildman–Crippen MR) is 85.1 cm³/mol. The number of hydrogen-bond acceptors (Lipinski definition) is 7. The number of nitrogens with zero attached hydrogens (tertiary/aromatic N) is 2. The molecule has 1 heterocycles. The highest BCUT2D eigenvalue weighted by Gasteiger charge is 2.23. The quantitative estimate of drug-likeness (QED) is 0.452. The maximum absolute atomic E-state index is 11.8. The Morgan fingerprint density at radius 2 is 2.12 bits per heavy atom. The zero-order chi connectivity index (χ0) is 17.9. The first-order valence-corrected chi connectivity index (χ1v) is 7.43. The third-order valence-electron chi connectivity index (χ3n) is 3.02. The van der Waals surface area contributed by atoms with Gasteiger partial charge in [0.1, 0.15) is 0 Å². The Labute approximate surface area is 138 Å². The summed E-state index contributed by atoms with van der Waals surface area (Å²) in [4.78, 5) is 26.6. The number of nitro groups is 1. The van der Waals surface area contributed by atoms with E-state index in [4.69, 9.17) is 13.9 Å². The third kappa shape index (κ3) is 3.70. The van der Waals surface area contributed by atoms with Crippen molar-refractivity contribution in [2.75, 3.05) is 6.61 Å². The van der Waals surface area contributed by atoms with Gasteiger partial charge < -0.3 is 13.9 Å². The van der Waals surface area contributed by atoms with Crippen molar-refractivity contribution in [2.45, 2.75) is 33.8 Å². The van der Waals surface area contributed by atoms with Gasteiger partial charge in [-0.1, -0.05) is 0 Å². The van der Waals surface area contributed by atoms with E-state index in [-0.39, 0.29) is 35.8 Å². The lowest BCUT2D eigenvalue weighted by molar-refractivity contribution is -0.386. The summed E-state index contributed by atoms with van der Waals surface area (Å²) in [6, 6.07) is 4.37. The average molecular weight is 334 g/mol. The second-order valence-corrected chi connectivity index (χ2v) is 5.26. The van der Waals surface area contributed by atoms with E-state index in [2.05, 4.69) is 4.98 Å². The molecular formula is C16H18N2O6. The van der Waals surface area contributed by atoms with Crippen LogP contribution in [-0.2, 0) is 4.74 Å². The molecule has 0 aliphatic rings. The molecule has 0 saturated heterocycles. The molecule has 2 aromatic rings. The van der Waals surface area contributed by atoms with Gasteiger partial charge in [-0.2, -0.15) is 0 Å². The maximum Gasteiger partial charge on any atom is 0.376 e. The predicted octanol–water partition coefficient (Wildman–Crippen LogP) is 3.52. The second kappa shape index (κ2) is 7.12. The summed E-state index contributed by atoms with van der Waals surface area (Å²) < 4.78 is 15.7.